The number of nitrogens with two attached hydrogens (primary N) is 1. The molecule has 0 saturated carbocycles. The number of aromatic nitrogens is 1. The maximum absolute atomic E-state index is 12.8. The van der Waals surface area contributed by atoms with Gasteiger partial charge in [0, 0.05) is 0 Å². The number of halogens is 3. The number of aryl methyl sites for hydroxylation is 1. The lowest BCUT2D eigenvalue weighted by molar-refractivity contribution is -0.184. The Hall–Kier alpha value is -1.14. The van der Waals surface area contributed by atoms with Gasteiger partial charge >= 0.3 is 6.18 Å². The molecule has 0 amide bonds. The minimum Gasteiger partial charge on any atom is -0.312 e. The summed E-state index contributed by atoms with van der Waals surface area (Å²) in [7, 11) is 0. The van der Waals surface area contributed by atoms with Gasteiger partial charge in [0.25, 0.3) is 0 Å². The molecule has 92 valence electrons. The summed E-state index contributed by atoms with van der Waals surface area (Å²) in [5, 5.41) is -0.106. The van der Waals surface area contributed by atoms with E-state index in [0.717, 1.165) is 28.5 Å². The third kappa shape index (κ3) is 2.02. The van der Waals surface area contributed by atoms with Gasteiger partial charge < -0.3 is 5.73 Å². The van der Waals surface area contributed by atoms with Crippen molar-refractivity contribution in [1.29, 1.82) is 0 Å². The number of rotatable bonds is 1. The SMILES string of the molecule is Cc1ccc2nc(C(C)(N)C(F)(F)F)sc2c1. The molecule has 2 aromatic rings. The van der Waals surface area contributed by atoms with Crippen molar-refractivity contribution in [3.8, 4) is 0 Å². The van der Waals surface area contributed by atoms with Gasteiger partial charge in [-0.25, -0.2) is 4.98 Å². The van der Waals surface area contributed by atoms with Crippen LogP contribution in [0.15, 0.2) is 18.2 Å². The number of nitrogens with zero attached hydrogens (tertiary/aromatic N) is 1. The fourth-order valence-corrected chi connectivity index (χ4v) is 2.52. The number of hydrogen-bond donors (Lipinski definition) is 1. The predicted molar refractivity (Wildman–Crippen MR) is 62.0 cm³/mol. The Labute approximate surface area is 100 Å². The Kier molecular flexibility index (Phi) is 2.67. The molecule has 1 atom stereocenters. The van der Waals surface area contributed by atoms with Crippen LogP contribution in [-0.2, 0) is 5.54 Å². The van der Waals surface area contributed by atoms with Crippen molar-refractivity contribution in [1.82, 2.24) is 4.98 Å². The second kappa shape index (κ2) is 3.68. The molecule has 0 aliphatic heterocycles. The molecular weight excluding hydrogens is 249 g/mol. The Bertz CT molecular complexity index is 557. The van der Waals surface area contributed by atoms with E-state index in [4.69, 9.17) is 5.73 Å². The van der Waals surface area contributed by atoms with Crippen LogP contribution in [0, 0.1) is 6.92 Å². The largest absolute Gasteiger partial charge is 0.412 e. The van der Waals surface area contributed by atoms with Crippen molar-refractivity contribution < 1.29 is 13.2 Å². The van der Waals surface area contributed by atoms with Crippen molar-refractivity contribution in [3.05, 3.63) is 28.8 Å². The van der Waals surface area contributed by atoms with Gasteiger partial charge in [0.05, 0.1) is 10.2 Å². The van der Waals surface area contributed by atoms with Crippen molar-refractivity contribution in [2.45, 2.75) is 25.6 Å². The van der Waals surface area contributed by atoms with Crippen LogP contribution in [0.1, 0.15) is 17.5 Å². The molecule has 17 heavy (non-hydrogen) atoms. The van der Waals surface area contributed by atoms with Gasteiger partial charge in [-0.2, -0.15) is 13.2 Å². The molecule has 1 unspecified atom stereocenters. The highest BCUT2D eigenvalue weighted by atomic mass is 32.1. The smallest absolute Gasteiger partial charge is 0.312 e. The first-order chi connectivity index (χ1) is 7.72. The Morgan fingerprint density at radius 3 is 2.53 bits per heavy atom. The summed E-state index contributed by atoms with van der Waals surface area (Å²) in [5.41, 5.74) is 4.48. The van der Waals surface area contributed by atoms with Gasteiger partial charge in [0.1, 0.15) is 5.01 Å². The fraction of sp³-hybridized carbons (Fsp3) is 0.364. The molecule has 6 heteroatoms. The van der Waals surface area contributed by atoms with Crippen LogP contribution in [0.3, 0.4) is 0 Å². The van der Waals surface area contributed by atoms with E-state index in [1.165, 1.54) is 0 Å². The van der Waals surface area contributed by atoms with Gasteiger partial charge in [-0.05, 0) is 31.5 Å². The Morgan fingerprint density at radius 2 is 1.94 bits per heavy atom. The van der Waals surface area contributed by atoms with E-state index < -0.39 is 11.7 Å². The Morgan fingerprint density at radius 1 is 1.29 bits per heavy atom. The highest BCUT2D eigenvalue weighted by molar-refractivity contribution is 7.18. The summed E-state index contributed by atoms with van der Waals surface area (Å²) in [6, 6.07) is 5.33. The molecule has 0 bridgehead atoms. The van der Waals surface area contributed by atoms with E-state index in [9.17, 15) is 13.2 Å². The molecule has 2 N–H and O–H groups in total. The zero-order valence-electron chi connectivity index (χ0n) is 9.30. The van der Waals surface area contributed by atoms with Crippen LogP contribution >= 0.6 is 11.3 Å². The van der Waals surface area contributed by atoms with E-state index in [1.54, 1.807) is 6.07 Å². The molecule has 1 aromatic carbocycles. The fourth-order valence-electron chi connectivity index (χ4n) is 1.38. The summed E-state index contributed by atoms with van der Waals surface area (Å²) in [4.78, 5) is 3.97. The minimum absolute atomic E-state index is 0.106. The van der Waals surface area contributed by atoms with Crippen LogP contribution in [-0.4, -0.2) is 11.2 Å². The summed E-state index contributed by atoms with van der Waals surface area (Å²) in [6.45, 7) is 2.82. The average Bonchev–Trinajstić information content (AvgIpc) is 2.58. The number of benzene rings is 1. The van der Waals surface area contributed by atoms with Gasteiger partial charge in [0.15, 0.2) is 5.54 Å². The van der Waals surface area contributed by atoms with Gasteiger partial charge in [-0.3, -0.25) is 0 Å². The van der Waals surface area contributed by atoms with Gasteiger partial charge in [-0.15, -0.1) is 11.3 Å². The zero-order valence-corrected chi connectivity index (χ0v) is 10.1. The molecule has 0 spiro atoms. The van der Waals surface area contributed by atoms with Gasteiger partial charge in [0.2, 0.25) is 0 Å². The Balaban J connectivity index is 2.57. The normalized spacial score (nSPS) is 16.1. The van der Waals surface area contributed by atoms with Crippen LogP contribution < -0.4 is 5.73 Å². The minimum atomic E-state index is -4.50. The van der Waals surface area contributed by atoms with Gasteiger partial charge in [-0.1, -0.05) is 6.07 Å². The van der Waals surface area contributed by atoms with Crippen molar-refractivity contribution in [3.63, 3.8) is 0 Å². The molecular formula is C11H11F3N2S. The van der Waals surface area contributed by atoms with E-state index in [2.05, 4.69) is 4.98 Å². The molecule has 0 fully saturated rings. The molecule has 1 aromatic heterocycles. The lowest BCUT2D eigenvalue weighted by atomic mass is 10.1. The monoisotopic (exact) mass is 260 g/mol. The van der Waals surface area contributed by atoms with E-state index in [1.807, 2.05) is 19.1 Å². The number of hydrogen-bond acceptors (Lipinski definition) is 3. The van der Waals surface area contributed by atoms with E-state index in [0.29, 0.717) is 5.52 Å². The second-order valence-electron chi connectivity index (χ2n) is 4.19. The quantitative estimate of drug-likeness (QED) is 0.854. The van der Waals surface area contributed by atoms with Crippen LogP contribution in [0.5, 0.6) is 0 Å². The second-order valence-corrected chi connectivity index (χ2v) is 5.22. The topological polar surface area (TPSA) is 38.9 Å². The molecule has 2 rings (SSSR count). The molecule has 0 aliphatic carbocycles. The molecule has 0 aliphatic rings. The first-order valence-corrected chi connectivity index (χ1v) is 5.77. The first-order valence-electron chi connectivity index (χ1n) is 4.95. The van der Waals surface area contributed by atoms with Crippen LogP contribution in [0.25, 0.3) is 10.2 Å². The third-order valence-corrected chi connectivity index (χ3v) is 3.83. The van der Waals surface area contributed by atoms with Crippen molar-refractivity contribution in [2.24, 2.45) is 5.73 Å². The van der Waals surface area contributed by atoms with E-state index in [-0.39, 0.29) is 5.01 Å². The lowest BCUT2D eigenvalue weighted by Crippen LogP contribution is -2.47. The summed E-state index contributed by atoms with van der Waals surface area (Å²) in [6.07, 6.45) is -4.50. The average molecular weight is 260 g/mol. The summed E-state index contributed by atoms with van der Waals surface area (Å²) < 4.78 is 39.0. The highest BCUT2D eigenvalue weighted by Crippen LogP contribution is 2.39. The summed E-state index contributed by atoms with van der Waals surface area (Å²) in [5.74, 6) is 0. The summed E-state index contributed by atoms with van der Waals surface area (Å²) >= 11 is 0.989. The predicted octanol–water partition coefficient (Wildman–Crippen LogP) is 3.34. The van der Waals surface area contributed by atoms with E-state index >= 15 is 0 Å². The number of fused-ring (bicyclic) bond motifs is 1. The molecule has 1 heterocycles. The third-order valence-electron chi connectivity index (χ3n) is 2.58. The van der Waals surface area contributed by atoms with Crippen LogP contribution in [0.4, 0.5) is 13.2 Å². The number of thiazole rings is 1. The van der Waals surface area contributed by atoms with Crippen molar-refractivity contribution >= 4 is 21.6 Å². The van der Waals surface area contributed by atoms with Crippen LogP contribution in [0.2, 0.25) is 0 Å². The maximum atomic E-state index is 12.8. The lowest BCUT2D eigenvalue weighted by Gasteiger charge is -2.24. The number of alkyl halides is 3. The standard InChI is InChI=1S/C11H11F3N2S/c1-6-3-4-7-8(5-6)17-9(16-7)10(2,15)11(12,13)14/h3-5H,15H2,1-2H3. The molecule has 0 saturated heterocycles. The maximum Gasteiger partial charge on any atom is 0.412 e. The van der Waals surface area contributed by atoms with Crippen molar-refractivity contribution in [2.75, 3.05) is 0 Å². The molecule has 0 radical (unpaired) electrons. The zero-order chi connectivity index (χ0) is 12.8. The first kappa shape index (κ1) is 12.3. The molecule has 2 nitrogen and oxygen atoms in total. The highest BCUT2D eigenvalue weighted by Gasteiger charge is 2.51.